The Balaban J connectivity index is 3.18. The summed E-state index contributed by atoms with van der Waals surface area (Å²) in [7, 11) is 5.46. The van der Waals surface area contributed by atoms with E-state index in [0.29, 0.717) is 0 Å². The van der Waals surface area contributed by atoms with Crippen LogP contribution in [0, 0.1) is 6.92 Å². The molecule has 3 nitrogen and oxygen atoms in total. The second kappa shape index (κ2) is 4.03. The second-order valence-electron chi connectivity index (χ2n) is 2.87. The van der Waals surface area contributed by atoms with Crippen LogP contribution in [0.2, 0.25) is 0 Å². The standard InChI is InChI=1S/C10H16N2O/c1-7-5-9(12-3)10(13-4)6-8(7)11-2/h5-6,11-12H,1-4H3. The van der Waals surface area contributed by atoms with Crippen LogP contribution in [0.1, 0.15) is 5.56 Å². The fraction of sp³-hybridized carbons (Fsp3) is 0.400. The molecule has 0 bridgehead atoms. The number of hydrogen-bond acceptors (Lipinski definition) is 3. The number of benzene rings is 1. The third-order valence-corrected chi connectivity index (χ3v) is 2.09. The van der Waals surface area contributed by atoms with E-state index in [1.165, 1.54) is 5.56 Å². The normalized spacial score (nSPS) is 9.54. The summed E-state index contributed by atoms with van der Waals surface area (Å²) in [5, 5.41) is 6.20. The SMILES string of the molecule is CNc1cc(OC)c(NC)cc1C. The zero-order chi connectivity index (χ0) is 9.84. The van der Waals surface area contributed by atoms with Crippen molar-refractivity contribution >= 4 is 11.4 Å². The van der Waals surface area contributed by atoms with E-state index in [1.807, 2.05) is 20.2 Å². The molecule has 3 heteroatoms. The lowest BCUT2D eigenvalue weighted by Crippen LogP contribution is -1.98. The van der Waals surface area contributed by atoms with Crippen LogP contribution in [0.4, 0.5) is 11.4 Å². The molecule has 1 aromatic rings. The van der Waals surface area contributed by atoms with Crippen molar-refractivity contribution in [1.29, 1.82) is 0 Å². The van der Waals surface area contributed by atoms with Gasteiger partial charge in [0.15, 0.2) is 0 Å². The Kier molecular flexibility index (Phi) is 3.01. The number of hydrogen-bond donors (Lipinski definition) is 2. The number of ether oxygens (including phenoxy) is 1. The molecule has 0 aliphatic rings. The Bertz CT molecular complexity index is 297. The van der Waals surface area contributed by atoms with Crippen LogP contribution in [0.25, 0.3) is 0 Å². The van der Waals surface area contributed by atoms with E-state index in [0.717, 1.165) is 17.1 Å². The topological polar surface area (TPSA) is 33.3 Å². The molecule has 1 aromatic carbocycles. The number of nitrogens with one attached hydrogen (secondary N) is 2. The van der Waals surface area contributed by atoms with E-state index >= 15 is 0 Å². The monoisotopic (exact) mass is 180 g/mol. The number of anilines is 2. The fourth-order valence-corrected chi connectivity index (χ4v) is 1.32. The highest BCUT2D eigenvalue weighted by Crippen LogP contribution is 2.30. The van der Waals surface area contributed by atoms with Crippen LogP contribution in [0.3, 0.4) is 0 Å². The summed E-state index contributed by atoms with van der Waals surface area (Å²) in [6.07, 6.45) is 0. The van der Waals surface area contributed by atoms with Crippen LogP contribution in [-0.4, -0.2) is 21.2 Å². The minimum absolute atomic E-state index is 0.859. The average Bonchev–Trinajstić information content (AvgIpc) is 2.17. The van der Waals surface area contributed by atoms with Gasteiger partial charge in [0, 0.05) is 25.8 Å². The van der Waals surface area contributed by atoms with Crippen LogP contribution >= 0.6 is 0 Å². The Morgan fingerprint density at radius 2 is 1.69 bits per heavy atom. The molecular weight excluding hydrogens is 164 g/mol. The van der Waals surface area contributed by atoms with Crippen LogP contribution in [0.5, 0.6) is 5.75 Å². The van der Waals surface area contributed by atoms with E-state index in [1.54, 1.807) is 7.11 Å². The van der Waals surface area contributed by atoms with Gasteiger partial charge in [0.25, 0.3) is 0 Å². The first-order valence-electron chi connectivity index (χ1n) is 4.27. The van der Waals surface area contributed by atoms with Gasteiger partial charge in [0.2, 0.25) is 0 Å². The van der Waals surface area contributed by atoms with Crippen molar-refractivity contribution in [3.05, 3.63) is 17.7 Å². The molecule has 0 radical (unpaired) electrons. The Morgan fingerprint density at radius 3 is 2.15 bits per heavy atom. The van der Waals surface area contributed by atoms with Crippen molar-refractivity contribution in [3.63, 3.8) is 0 Å². The predicted octanol–water partition coefficient (Wildman–Crippen LogP) is 2.09. The highest BCUT2D eigenvalue weighted by Gasteiger charge is 2.04. The van der Waals surface area contributed by atoms with Crippen molar-refractivity contribution < 1.29 is 4.74 Å². The molecule has 2 N–H and O–H groups in total. The quantitative estimate of drug-likeness (QED) is 0.747. The Hall–Kier alpha value is -1.38. The lowest BCUT2D eigenvalue weighted by Gasteiger charge is -2.12. The summed E-state index contributed by atoms with van der Waals surface area (Å²) in [5.41, 5.74) is 3.31. The van der Waals surface area contributed by atoms with Crippen LogP contribution in [0.15, 0.2) is 12.1 Å². The molecule has 0 fully saturated rings. The highest BCUT2D eigenvalue weighted by atomic mass is 16.5. The van der Waals surface area contributed by atoms with Gasteiger partial charge in [-0.1, -0.05) is 0 Å². The summed E-state index contributed by atoms with van der Waals surface area (Å²) < 4.78 is 5.23. The molecule has 0 aliphatic heterocycles. The molecule has 72 valence electrons. The molecule has 0 saturated heterocycles. The molecule has 0 unspecified atom stereocenters. The van der Waals surface area contributed by atoms with Gasteiger partial charge in [-0.25, -0.2) is 0 Å². The first-order chi connectivity index (χ1) is 6.22. The molecule has 0 heterocycles. The van der Waals surface area contributed by atoms with Crippen molar-refractivity contribution in [1.82, 2.24) is 0 Å². The Labute approximate surface area is 79.1 Å². The molecule has 0 atom stereocenters. The van der Waals surface area contributed by atoms with Gasteiger partial charge < -0.3 is 15.4 Å². The van der Waals surface area contributed by atoms with E-state index in [4.69, 9.17) is 4.74 Å². The lowest BCUT2D eigenvalue weighted by molar-refractivity contribution is 0.417. The average molecular weight is 180 g/mol. The molecule has 13 heavy (non-hydrogen) atoms. The zero-order valence-electron chi connectivity index (χ0n) is 8.56. The smallest absolute Gasteiger partial charge is 0.144 e. The maximum Gasteiger partial charge on any atom is 0.144 e. The number of aryl methyl sites for hydroxylation is 1. The van der Waals surface area contributed by atoms with E-state index in [-0.39, 0.29) is 0 Å². The van der Waals surface area contributed by atoms with Gasteiger partial charge in [-0.15, -0.1) is 0 Å². The van der Waals surface area contributed by atoms with Crippen LogP contribution < -0.4 is 15.4 Å². The van der Waals surface area contributed by atoms with Gasteiger partial charge >= 0.3 is 0 Å². The van der Waals surface area contributed by atoms with Gasteiger partial charge in [0.05, 0.1) is 12.8 Å². The van der Waals surface area contributed by atoms with Crippen molar-refractivity contribution in [2.45, 2.75) is 6.92 Å². The largest absolute Gasteiger partial charge is 0.495 e. The van der Waals surface area contributed by atoms with Crippen molar-refractivity contribution in [2.24, 2.45) is 0 Å². The molecule has 0 saturated carbocycles. The number of rotatable bonds is 3. The Morgan fingerprint density at radius 1 is 1.08 bits per heavy atom. The van der Waals surface area contributed by atoms with E-state index in [9.17, 15) is 0 Å². The van der Waals surface area contributed by atoms with Crippen molar-refractivity contribution in [3.8, 4) is 5.75 Å². The van der Waals surface area contributed by atoms with Gasteiger partial charge in [-0.05, 0) is 18.6 Å². The predicted molar refractivity (Wildman–Crippen MR) is 56.8 cm³/mol. The summed E-state index contributed by atoms with van der Waals surface area (Å²) in [6.45, 7) is 2.06. The summed E-state index contributed by atoms with van der Waals surface area (Å²) in [5.74, 6) is 0.859. The first-order valence-corrected chi connectivity index (χ1v) is 4.27. The van der Waals surface area contributed by atoms with Crippen LogP contribution in [-0.2, 0) is 0 Å². The fourth-order valence-electron chi connectivity index (χ4n) is 1.32. The molecule has 1 rings (SSSR count). The van der Waals surface area contributed by atoms with E-state index < -0.39 is 0 Å². The van der Waals surface area contributed by atoms with E-state index in [2.05, 4.69) is 23.6 Å². The molecule has 0 aromatic heterocycles. The summed E-state index contributed by atoms with van der Waals surface area (Å²) >= 11 is 0. The maximum atomic E-state index is 5.23. The molecular formula is C10H16N2O. The molecule has 0 aliphatic carbocycles. The molecule has 0 spiro atoms. The van der Waals surface area contributed by atoms with Gasteiger partial charge in [-0.2, -0.15) is 0 Å². The van der Waals surface area contributed by atoms with Gasteiger partial charge in [0.1, 0.15) is 5.75 Å². The number of methoxy groups -OCH3 is 1. The highest BCUT2D eigenvalue weighted by molar-refractivity contribution is 5.67. The third-order valence-electron chi connectivity index (χ3n) is 2.09. The minimum atomic E-state index is 0.859. The lowest BCUT2D eigenvalue weighted by atomic mass is 10.1. The maximum absolute atomic E-state index is 5.23. The first kappa shape index (κ1) is 9.71. The minimum Gasteiger partial charge on any atom is -0.495 e. The summed E-state index contributed by atoms with van der Waals surface area (Å²) in [6, 6.07) is 4.05. The molecule has 0 amide bonds. The van der Waals surface area contributed by atoms with Gasteiger partial charge in [-0.3, -0.25) is 0 Å². The summed E-state index contributed by atoms with van der Waals surface area (Å²) in [4.78, 5) is 0. The zero-order valence-corrected chi connectivity index (χ0v) is 8.56. The third kappa shape index (κ3) is 1.86. The second-order valence-corrected chi connectivity index (χ2v) is 2.87. The van der Waals surface area contributed by atoms with Crippen molar-refractivity contribution in [2.75, 3.05) is 31.8 Å².